The van der Waals surface area contributed by atoms with Crippen molar-refractivity contribution in [1.29, 1.82) is 0 Å². The van der Waals surface area contributed by atoms with Gasteiger partial charge in [-0.1, -0.05) is 97.3 Å². The van der Waals surface area contributed by atoms with Crippen molar-refractivity contribution >= 4 is 5.97 Å². The molecule has 216 valence electrons. The molecular formula is C30H61NO5. The van der Waals surface area contributed by atoms with Gasteiger partial charge in [0.05, 0.1) is 33.0 Å². The number of ether oxygens (including phenoxy) is 3. The van der Waals surface area contributed by atoms with Crippen LogP contribution in [-0.4, -0.2) is 56.9 Å². The molecule has 0 saturated heterocycles. The lowest BCUT2D eigenvalue weighted by Crippen LogP contribution is -2.30. The van der Waals surface area contributed by atoms with Crippen LogP contribution in [0.4, 0.5) is 0 Å². The van der Waals surface area contributed by atoms with Gasteiger partial charge < -0.3 is 19.3 Å². The predicted octanol–water partition coefficient (Wildman–Crippen LogP) is 7.17. The highest BCUT2D eigenvalue weighted by molar-refractivity contribution is 5.69. The first-order valence-corrected chi connectivity index (χ1v) is 15.3. The summed E-state index contributed by atoms with van der Waals surface area (Å²) in [6.45, 7) is 9.39. The Morgan fingerprint density at radius 2 is 1.33 bits per heavy atom. The summed E-state index contributed by atoms with van der Waals surface area (Å²) in [4.78, 5) is 12.3. The van der Waals surface area contributed by atoms with Gasteiger partial charge in [0.2, 0.25) is 0 Å². The Balaban J connectivity index is 3.91. The Bertz CT molecular complexity index is 433. The standard InChI is InChI=1S/C30H61NO5/c1-4-6-8-10-12-15-19-29(20-16-13-11-9-7-5-2)27-36-30(33)21-17-14-18-22-31-28(3)35-26-25-34-24-23-32/h28-29,31-32H,4-27H2,1-3H3. The zero-order valence-corrected chi connectivity index (χ0v) is 24.2. The van der Waals surface area contributed by atoms with Crippen LogP contribution in [0.3, 0.4) is 0 Å². The second-order valence-electron chi connectivity index (χ2n) is 10.3. The molecule has 1 atom stereocenters. The second kappa shape index (κ2) is 28.9. The third-order valence-corrected chi connectivity index (χ3v) is 6.73. The van der Waals surface area contributed by atoms with E-state index < -0.39 is 0 Å². The van der Waals surface area contributed by atoms with Gasteiger partial charge in [-0.15, -0.1) is 0 Å². The molecule has 0 spiro atoms. The Kier molecular flexibility index (Phi) is 28.3. The Morgan fingerprint density at radius 1 is 0.750 bits per heavy atom. The van der Waals surface area contributed by atoms with Crippen molar-refractivity contribution in [2.24, 2.45) is 5.92 Å². The van der Waals surface area contributed by atoms with E-state index in [4.69, 9.17) is 19.3 Å². The molecule has 6 heteroatoms. The van der Waals surface area contributed by atoms with Gasteiger partial charge in [-0.3, -0.25) is 10.1 Å². The number of unbranched alkanes of at least 4 members (excludes halogenated alkanes) is 12. The molecule has 0 aliphatic rings. The van der Waals surface area contributed by atoms with Crippen LogP contribution in [0.25, 0.3) is 0 Å². The number of carbonyl (C=O) groups is 1. The van der Waals surface area contributed by atoms with Gasteiger partial charge in [-0.2, -0.15) is 0 Å². The number of nitrogens with one attached hydrogen (secondary N) is 1. The normalized spacial score (nSPS) is 12.4. The molecule has 0 heterocycles. The van der Waals surface area contributed by atoms with E-state index in [0.29, 0.717) is 38.8 Å². The minimum atomic E-state index is -0.0292. The highest BCUT2D eigenvalue weighted by atomic mass is 16.5. The van der Waals surface area contributed by atoms with E-state index in [0.717, 1.165) is 25.8 Å². The van der Waals surface area contributed by atoms with E-state index in [2.05, 4.69) is 19.2 Å². The van der Waals surface area contributed by atoms with Gasteiger partial charge in [0, 0.05) is 6.42 Å². The summed E-state index contributed by atoms with van der Waals surface area (Å²) in [6, 6.07) is 0. The largest absolute Gasteiger partial charge is 0.465 e. The van der Waals surface area contributed by atoms with Gasteiger partial charge in [-0.05, 0) is 45.1 Å². The van der Waals surface area contributed by atoms with Crippen molar-refractivity contribution in [2.45, 2.75) is 143 Å². The molecule has 0 aromatic rings. The highest BCUT2D eigenvalue weighted by Gasteiger charge is 2.12. The minimum absolute atomic E-state index is 0.0251. The summed E-state index contributed by atoms with van der Waals surface area (Å²) in [6.07, 6.45) is 21.7. The lowest BCUT2D eigenvalue weighted by molar-refractivity contribution is -0.145. The molecule has 0 fully saturated rings. The first-order chi connectivity index (χ1) is 17.6. The number of esters is 1. The molecule has 0 rings (SSSR count). The van der Waals surface area contributed by atoms with Crippen LogP contribution in [0, 0.1) is 5.92 Å². The van der Waals surface area contributed by atoms with Gasteiger partial charge in [0.25, 0.3) is 0 Å². The molecule has 0 aromatic heterocycles. The van der Waals surface area contributed by atoms with Gasteiger partial charge in [-0.25, -0.2) is 0 Å². The van der Waals surface area contributed by atoms with Crippen molar-refractivity contribution in [3.63, 3.8) is 0 Å². The van der Waals surface area contributed by atoms with Crippen LogP contribution in [-0.2, 0) is 19.0 Å². The zero-order valence-electron chi connectivity index (χ0n) is 24.2. The maximum atomic E-state index is 12.3. The summed E-state index contributed by atoms with van der Waals surface area (Å²) >= 11 is 0. The molecular weight excluding hydrogens is 454 g/mol. The number of hydrogen-bond donors (Lipinski definition) is 2. The SMILES string of the molecule is CCCCCCCCC(CCCCCCCC)COC(=O)CCCCCNC(C)OCCOCCO. The fourth-order valence-corrected chi connectivity index (χ4v) is 4.41. The summed E-state index contributed by atoms with van der Waals surface area (Å²) < 4.78 is 16.5. The third-order valence-electron chi connectivity index (χ3n) is 6.73. The first kappa shape index (κ1) is 35.3. The zero-order chi connectivity index (χ0) is 26.5. The number of aliphatic hydroxyl groups excluding tert-OH is 1. The summed E-state index contributed by atoms with van der Waals surface area (Å²) in [5, 5.41) is 12.0. The lowest BCUT2D eigenvalue weighted by atomic mass is 9.94. The minimum Gasteiger partial charge on any atom is -0.465 e. The quantitative estimate of drug-likeness (QED) is 0.0625. The lowest BCUT2D eigenvalue weighted by Gasteiger charge is -2.17. The predicted molar refractivity (Wildman–Crippen MR) is 150 cm³/mol. The molecule has 0 saturated carbocycles. The van der Waals surface area contributed by atoms with Crippen LogP contribution in [0.1, 0.15) is 136 Å². The van der Waals surface area contributed by atoms with Gasteiger partial charge >= 0.3 is 5.97 Å². The van der Waals surface area contributed by atoms with Crippen LogP contribution >= 0.6 is 0 Å². The fourth-order valence-electron chi connectivity index (χ4n) is 4.41. The van der Waals surface area contributed by atoms with Crippen LogP contribution in [0.2, 0.25) is 0 Å². The first-order valence-electron chi connectivity index (χ1n) is 15.3. The Hall–Kier alpha value is -0.690. The molecule has 6 nitrogen and oxygen atoms in total. The van der Waals surface area contributed by atoms with Crippen molar-refractivity contribution in [1.82, 2.24) is 5.32 Å². The topological polar surface area (TPSA) is 77.0 Å². The number of aliphatic hydroxyl groups is 1. The number of rotatable bonds is 29. The second-order valence-corrected chi connectivity index (χ2v) is 10.3. The van der Waals surface area contributed by atoms with Crippen LogP contribution in [0.15, 0.2) is 0 Å². The Morgan fingerprint density at radius 3 is 1.94 bits per heavy atom. The van der Waals surface area contributed by atoms with Crippen LogP contribution in [0.5, 0.6) is 0 Å². The van der Waals surface area contributed by atoms with E-state index in [1.54, 1.807) is 0 Å². The van der Waals surface area contributed by atoms with Crippen molar-refractivity contribution in [3.05, 3.63) is 0 Å². The summed E-state index contributed by atoms with van der Waals surface area (Å²) in [7, 11) is 0. The van der Waals surface area contributed by atoms with Crippen molar-refractivity contribution in [2.75, 3.05) is 39.6 Å². The van der Waals surface area contributed by atoms with Crippen molar-refractivity contribution in [3.8, 4) is 0 Å². The maximum Gasteiger partial charge on any atom is 0.305 e. The van der Waals surface area contributed by atoms with E-state index in [1.807, 2.05) is 6.92 Å². The fraction of sp³-hybridized carbons (Fsp3) is 0.967. The average molecular weight is 516 g/mol. The summed E-state index contributed by atoms with van der Waals surface area (Å²) in [5.41, 5.74) is 0. The highest BCUT2D eigenvalue weighted by Crippen LogP contribution is 2.20. The molecule has 0 radical (unpaired) electrons. The van der Waals surface area contributed by atoms with Gasteiger partial charge in [0.1, 0.15) is 6.23 Å². The molecule has 0 aliphatic heterocycles. The molecule has 1 unspecified atom stereocenters. The molecule has 0 bridgehead atoms. The Labute approximate surface area is 223 Å². The smallest absolute Gasteiger partial charge is 0.305 e. The number of carbonyl (C=O) groups excluding carboxylic acids is 1. The van der Waals surface area contributed by atoms with E-state index in [-0.39, 0.29) is 18.8 Å². The van der Waals surface area contributed by atoms with Crippen molar-refractivity contribution < 1.29 is 24.1 Å². The van der Waals surface area contributed by atoms with E-state index in [1.165, 1.54) is 89.9 Å². The van der Waals surface area contributed by atoms with E-state index >= 15 is 0 Å². The molecule has 0 aliphatic carbocycles. The monoisotopic (exact) mass is 515 g/mol. The number of hydrogen-bond acceptors (Lipinski definition) is 6. The molecule has 0 aromatic carbocycles. The molecule has 0 amide bonds. The van der Waals surface area contributed by atoms with Gasteiger partial charge in [0.15, 0.2) is 0 Å². The summed E-state index contributed by atoms with van der Waals surface area (Å²) in [5.74, 6) is 0.504. The molecule has 36 heavy (non-hydrogen) atoms. The molecule has 2 N–H and O–H groups in total. The maximum absolute atomic E-state index is 12.3. The third kappa shape index (κ3) is 26.4. The van der Waals surface area contributed by atoms with Crippen LogP contribution < -0.4 is 5.32 Å². The average Bonchev–Trinajstić information content (AvgIpc) is 2.88. The van der Waals surface area contributed by atoms with E-state index in [9.17, 15) is 4.79 Å².